The van der Waals surface area contributed by atoms with Crippen LogP contribution in [0.3, 0.4) is 0 Å². The van der Waals surface area contributed by atoms with Gasteiger partial charge in [0.25, 0.3) is 0 Å². The number of carbonyl (C=O) groups is 1. The van der Waals surface area contributed by atoms with Gasteiger partial charge < -0.3 is 20.3 Å². The monoisotopic (exact) mass is 364 g/mol. The Morgan fingerprint density at radius 3 is 2.65 bits per heavy atom. The average molecular weight is 364 g/mol. The van der Waals surface area contributed by atoms with Crippen molar-refractivity contribution in [3.05, 3.63) is 11.3 Å². The lowest BCUT2D eigenvalue weighted by Gasteiger charge is -2.18. The fourth-order valence-electron chi connectivity index (χ4n) is 3.20. The Kier molecular flexibility index (Phi) is 7.29. The number of hydrogen-bond donors (Lipinski definition) is 2. The number of methoxy groups -OCH3 is 1. The van der Waals surface area contributed by atoms with Crippen LogP contribution >= 0.6 is 0 Å². The van der Waals surface area contributed by atoms with Crippen LogP contribution in [0.2, 0.25) is 0 Å². The Balaban J connectivity index is 2.14. The molecule has 2 rings (SSSR count). The summed E-state index contributed by atoms with van der Waals surface area (Å²) in [5, 5.41) is 11.1. The molecule has 1 aromatic heterocycles. The minimum atomic E-state index is 0.0131. The third-order valence-electron chi connectivity index (χ3n) is 4.70. The second kappa shape index (κ2) is 9.45. The summed E-state index contributed by atoms with van der Waals surface area (Å²) in [6.45, 7) is 2.75. The summed E-state index contributed by atoms with van der Waals surface area (Å²) in [7, 11) is 7.02. The average Bonchev–Trinajstić information content (AvgIpc) is 3.23. The van der Waals surface area contributed by atoms with E-state index in [9.17, 15) is 4.79 Å². The number of aryl methyl sites for hydroxylation is 2. The Morgan fingerprint density at radius 1 is 1.38 bits per heavy atom. The molecule has 0 aromatic carbocycles. The first-order chi connectivity index (χ1) is 12.5. The summed E-state index contributed by atoms with van der Waals surface area (Å²) in [5.74, 6) is 1.41. The van der Waals surface area contributed by atoms with Crippen molar-refractivity contribution in [2.75, 3.05) is 27.7 Å². The van der Waals surface area contributed by atoms with E-state index >= 15 is 0 Å². The molecule has 1 heterocycles. The number of ether oxygens (including phenoxy) is 1. The summed E-state index contributed by atoms with van der Waals surface area (Å²) in [6.07, 6.45) is 5.56. The molecule has 0 radical (unpaired) electrons. The predicted octanol–water partition coefficient (Wildman–Crippen LogP) is 1.06. The minimum absolute atomic E-state index is 0.0131. The van der Waals surface area contributed by atoms with Crippen molar-refractivity contribution in [1.29, 1.82) is 0 Å². The molecule has 1 aliphatic rings. The standard InChI is InChI=1S/C18H32N6O2/c1-6-15-14(17(26-5)24(4)22-15)11-19-18(20-12-16(25)23(2)3)21-13-9-7-8-10-13/h13H,6-12H2,1-5H3,(H2,19,20,21). The van der Waals surface area contributed by atoms with Crippen LogP contribution in [0.4, 0.5) is 0 Å². The third-order valence-corrected chi connectivity index (χ3v) is 4.70. The van der Waals surface area contributed by atoms with Gasteiger partial charge in [0.1, 0.15) is 0 Å². The van der Waals surface area contributed by atoms with E-state index in [2.05, 4.69) is 22.7 Å². The minimum Gasteiger partial charge on any atom is -0.481 e. The molecule has 0 saturated heterocycles. The molecule has 1 amide bonds. The maximum absolute atomic E-state index is 11.9. The van der Waals surface area contributed by atoms with Gasteiger partial charge in [0.15, 0.2) is 5.96 Å². The number of likely N-dealkylation sites (N-methyl/N-ethyl adjacent to an activating group) is 1. The number of rotatable bonds is 7. The molecule has 8 nitrogen and oxygen atoms in total. The molecule has 1 fully saturated rings. The number of aliphatic imine (C=N–C) groups is 1. The lowest BCUT2D eigenvalue weighted by molar-refractivity contribution is -0.127. The first-order valence-corrected chi connectivity index (χ1v) is 9.30. The normalized spacial score (nSPS) is 15.2. The summed E-state index contributed by atoms with van der Waals surface area (Å²) in [4.78, 5) is 18.2. The molecular formula is C18H32N6O2. The maximum Gasteiger partial charge on any atom is 0.241 e. The van der Waals surface area contributed by atoms with Crippen LogP contribution in [0.15, 0.2) is 4.99 Å². The number of nitrogens with one attached hydrogen (secondary N) is 2. The van der Waals surface area contributed by atoms with Crippen molar-refractivity contribution in [1.82, 2.24) is 25.3 Å². The van der Waals surface area contributed by atoms with Gasteiger partial charge >= 0.3 is 0 Å². The van der Waals surface area contributed by atoms with E-state index in [0.717, 1.165) is 36.4 Å². The fraction of sp³-hybridized carbons (Fsp3) is 0.722. The smallest absolute Gasteiger partial charge is 0.241 e. The molecule has 0 aliphatic heterocycles. The Bertz CT molecular complexity index is 632. The highest BCUT2D eigenvalue weighted by molar-refractivity contribution is 5.86. The van der Waals surface area contributed by atoms with Crippen molar-refractivity contribution in [3.63, 3.8) is 0 Å². The van der Waals surface area contributed by atoms with E-state index in [0.29, 0.717) is 18.5 Å². The topological polar surface area (TPSA) is 83.8 Å². The van der Waals surface area contributed by atoms with E-state index in [-0.39, 0.29) is 12.5 Å². The fourth-order valence-corrected chi connectivity index (χ4v) is 3.20. The zero-order chi connectivity index (χ0) is 19.1. The first-order valence-electron chi connectivity index (χ1n) is 9.30. The number of hydrogen-bond acceptors (Lipinski definition) is 4. The van der Waals surface area contributed by atoms with Gasteiger partial charge in [0.2, 0.25) is 11.8 Å². The van der Waals surface area contributed by atoms with Crippen LogP contribution in [-0.4, -0.2) is 60.3 Å². The van der Waals surface area contributed by atoms with E-state index in [1.807, 2.05) is 7.05 Å². The number of carbonyl (C=O) groups excluding carboxylic acids is 1. The SMILES string of the molecule is CCc1nn(C)c(OC)c1CN=C(NCC(=O)N(C)C)NC1CCCC1. The number of guanidine groups is 1. The number of nitrogens with zero attached hydrogens (tertiary/aromatic N) is 4. The lowest BCUT2D eigenvalue weighted by atomic mass is 10.2. The summed E-state index contributed by atoms with van der Waals surface area (Å²) < 4.78 is 7.23. The van der Waals surface area contributed by atoms with Crippen molar-refractivity contribution < 1.29 is 9.53 Å². The third kappa shape index (κ3) is 5.12. The van der Waals surface area contributed by atoms with Crippen LogP contribution in [0.1, 0.15) is 43.9 Å². The van der Waals surface area contributed by atoms with E-state index in [1.165, 1.54) is 12.8 Å². The molecule has 0 bridgehead atoms. The molecule has 26 heavy (non-hydrogen) atoms. The van der Waals surface area contributed by atoms with Gasteiger partial charge in [0, 0.05) is 27.2 Å². The molecule has 1 saturated carbocycles. The van der Waals surface area contributed by atoms with Crippen LogP contribution in [-0.2, 0) is 24.8 Å². The molecule has 0 unspecified atom stereocenters. The molecule has 0 spiro atoms. The van der Waals surface area contributed by atoms with Crippen LogP contribution < -0.4 is 15.4 Å². The highest BCUT2D eigenvalue weighted by atomic mass is 16.5. The number of amides is 1. The van der Waals surface area contributed by atoms with Crippen molar-refractivity contribution >= 4 is 11.9 Å². The van der Waals surface area contributed by atoms with Gasteiger partial charge in [-0.1, -0.05) is 19.8 Å². The largest absolute Gasteiger partial charge is 0.481 e. The predicted molar refractivity (Wildman–Crippen MR) is 102 cm³/mol. The van der Waals surface area contributed by atoms with Crippen molar-refractivity contribution in [2.24, 2.45) is 12.0 Å². The molecule has 2 N–H and O–H groups in total. The zero-order valence-electron chi connectivity index (χ0n) is 16.6. The first kappa shape index (κ1) is 20.1. The van der Waals surface area contributed by atoms with Crippen LogP contribution in [0.5, 0.6) is 5.88 Å². The van der Waals surface area contributed by atoms with Gasteiger partial charge in [-0.2, -0.15) is 5.10 Å². The highest BCUT2D eigenvalue weighted by Crippen LogP contribution is 2.23. The van der Waals surface area contributed by atoms with Crippen LogP contribution in [0.25, 0.3) is 0 Å². The Labute approximate surface area is 156 Å². The molecule has 146 valence electrons. The van der Waals surface area contributed by atoms with E-state index in [4.69, 9.17) is 9.73 Å². The van der Waals surface area contributed by atoms with Gasteiger partial charge in [-0.15, -0.1) is 0 Å². The molecule has 1 aliphatic carbocycles. The Morgan fingerprint density at radius 2 is 2.08 bits per heavy atom. The van der Waals surface area contributed by atoms with Gasteiger partial charge in [-0.25, -0.2) is 9.67 Å². The summed E-state index contributed by atoms with van der Waals surface area (Å²) >= 11 is 0. The second-order valence-corrected chi connectivity index (χ2v) is 6.84. The molecular weight excluding hydrogens is 332 g/mol. The van der Waals surface area contributed by atoms with E-state index in [1.54, 1.807) is 30.8 Å². The van der Waals surface area contributed by atoms with Crippen molar-refractivity contribution in [3.8, 4) is 5.88 Å². The summed E-state index contributed by atoms with van der Waals surface area (Å²) in [6, 6.07) is 0.414. The van der Waals surface area contributed by atoms with Gasteiger partial charge in [-0.3, -0.25) is 4.79 Å². The molecule has 8 heteroatoms. The maximum atomic E-state index is 11.9. The van der Waals surface area contributed by atoms with Crippen LogP contribution in [0, 0.1) is 0 Å². The zero-order valence-corrected chi connectivity index (χ0v) is 16.6. The van der Waals surface area contributed by atoms with Crippen molar-refractivity contribution in [2.45, 2.75) is 51.6 Å². The molecule has 0 atom stereocenters. The Hall–Kier alpha value is -2.25. The highest BCUT2D eigenvalue weighted by Gasteiger charge is 2.18. The molecule has 1 aromatic rings. The second-order valence-electron chi connectivity index (χ2n) is 6.84. The number of aromatic nitrogens is 2. The quantitative estimate of drug-likeness (QED) is 0.558. The van der Waals surface area contributed by atoms with Gasteiger partial charge in [-0.05, 0) is 19.3 Å². The lowest BCUT2D eigenvalue weighted by Crippen LogP contribution is -2.46. The van der Waals surface area contributed by atoms with E-state index < -0.39 is 0 Å². The summed E-state index contributed by atoms with van der Waals surface area (Å²) in [5.41, 5.74) is 1.97. The van der Waals surface area contributed by atoms with Gasteiger partial charge in [0.05, 0.1) is 31.5 Å².